The van der Waals surface area contributed by atoms with Gasteiger partial charge in [-0.2, -0.15) is 0 Å². The Bertz CT molecular complexity index is 881. The highest BCUT2D eigenvalue weighted by Gasteiger charge is 2.21. The lowest BCUT2D eigenvalue weighted by Gasteiger charge is -2.36. The van der Waals surface area contributed by atoms with Crippen LogP contribution in [0.25, 0.3) is 10.2 Å². The number of aromatic hydroxyl groups is 1. The van der Waals surface area contributed by atoms with Crippen molar-refractivity contribution < 1.29 is 5.11 Å². The summed E-state index contributed by atoms with van der Waals surface area (Å²) in [7, 11) is 0. The van der Waals surface area contributed by atoms with E-state index in [2.05, 4.69) is 35.8 Å². The molecule has 3 aromatic rings. The zero-order chi connectivity index (χ0) is 16.7. The first kappa shape index (κ1) is 15.3. The van der Waals surface area contributed by atoms with E-state index in [0.717, 1.165) is 42.5 Å². The predicted molar refractivity (Wildman–Crippen MR) is 102 cm³/mol. The monoisotopic (exact) mass is 339 g/mol. The number of fused-ring (bicyclic) bond motifs is 1. The third-order valence-corrected chi connectivity index (χ3v) is 5.93. The second kappa shape index (κ2) is 5.98. The van der Waals surface area contributed by atoms with Crippen LogP contribution in [-0.2, 0) is 0 Å². The molecule has 1 aromatic heterocycles. The molecule has 1 aliphatic rings. The molecule has 0 atom stereocenters. The molecule has 1 saturated heterocycles. The van der Waals surface area contributed by atoms with Gasteiger partial charge in [-0.3, -0.25) is 0 Å². The van der Waals surface area contributed by atoms with Crippen LogP contribution in [0.2, 0.25) is 0 Å². The zero-order valence-corrected chi connectivity index (χ0v) is 14.8. The van der Waals surface area contributed by atoms with Crippen LogP contribution in [0.1, 0.15) is 11.1 Å². The summed E-state index contributed by atoms with van der Waals surface area (Å²) in [4.78, 5) is 9.49. The predicted octanol–water partition coefficient (Wildman–Crippen LogP) is 3.95. The van der Waals surface area contributed by atoms with Gasteiger partial charge in [-0.1, -0.05) is 29.5 Å². The average Bonchev–Trinajstić information content (AvgIpc) is 3.04. The normalized spacial score (nSPS) is 15.2. The molecular formula is C19H21N3OS. The lowest BCUT2D eigenvalue weighted by atomic mass is 10.1. The molecule has 0 unspecified atom stereocenters. The molecule has 124 valence electrons. The van der Waals surface area contributed by atoms with Crippen molar-refractivity contribution in [2.24, 2.45) is 0 Å². The van der Waals surface area contributed by atoms with Gasteiger partial charge >= 0.3 is 0 Å². The first-order valence-electron chi connectivity index (χ1n) is 8.28. The lowest BCUT2D eigenvalue weighted by Crippen LogP contribution is -2.46. The maximum Gasteiger partial charge on any atom is 0.186 e. The van der Waals surface area contributed by atoms with Gasteiger partial charge in [0, 0.05) is 26.2 Å². The Balaban J connectivity index is 1.54. The van der Waals surface area contributed by atoms with Gasteiger partial charge in [0.15, 0.2) is 5.13 Å². The van der Waals surface area contributed by atoms with Crippen LogP contribution in [0, 0.1) is 13.8 Å². The van der Waals surface area contributed by atoms with Crippen LogP contribution in [-0.4, -0.2) is 36.3 Å². The smallest absolute Gasteiger partial charge is 0.186 e. The summed E-state index contributed by atoms with van der Waals surface area (Å²) < 4.78 is 1.26. The molecule has 5 heteroatoms. The van der Waals surface area contributed by atoms with E-state index in [0.29, 0.717) is 5.75 Å². The summed E-state index contributed by atoms with van der Waals surface area (Å²) in [5, 5.41) is 11.1. The lowest BCUT2D eigenvalue weighted by molar-refractivity contribution is 0.472. The van der Waals surface area contributed by atoms with Crippen LogP contribution in [0.15, 0.2) is 36.4 Å². The number of phenolic OH excluding ortho intramolecular Hbond substituents is 1. The van der Waals surface area contributed by atoms with Crippen LogP contribution >= 0.6 is 11.3 Å². The van der Waals surface area contributed by atoms with E-state index in [-0.39, 0.29) is 0 Å². The van der Waals surface area contributed by atoms with Crippen molar-refractivity contribution in [2.75, 3.05) is 36.0 Å². The second-order valence-electron chi connectivity index (χ2n) is 6.31. The zero-order valence-electron chi connectivity index (χ0n) is 14.0. The molecule has 1 N–H and O–H groups in total. The van der Waals surface area contributed by atoms with E-state index in [1.165, 1.54) is 15.8 Å². The summed E-state index contributed by atoms with van der Waals surface area (Å²) in [5.41, 5.74) is 4.64. The molecule has 1 fully saturated rings. The van der Waals surface area contributed by atoms with E-state index < -0.39 is 0 Å². The van der Waals surface area contributed by atoms with Gasteiger partial charge in [0.2, 0.25) is 0 Å². The average molecular weight is 339 g/mol. The fourth-order valence-electron chi connectivity index (χ4n) is 3.22. The molecule has 24 heavy (non-hydrogen) atoms. The van der Waals surface area contributed by atoms with Crippen LogP contribution in [0.4, 0.5) is 10.8 Å². The molecule has 0 spiro atoms. The van der Waals surface area contributed by atoms with Gasteiger partial charge < -0.3 is 14.9 Å². The molecule has 2 aromatic carbocycles. The number of benzene rings is 2. The number of nitrogens with zero attached hydrogens (tertiary/aromatic N) is 3. The van der Waals surface area contributed by atoms with E-state index in [1.54, 1.807) is 17.4 Å². The van der Waals surface area contributed by atoms with Gasteiger partial charge in [0.1, 0.15) is 5.75 Å². The molecular weight excluding hydrogens is 318 g/mol. The second-order valence-corrected chi connectivity index (χ2v) is 7.32. The summed E-state index contributed by atoms with van der Waals surface area (Å²) in [6.07, 6.45) is 0. The van der Waals surface area contributed by atoms with E-state index >= 15 is 0 Å². The number of anilines is 2. The summed E-state index contributed by atoms with van der Waals surface area (Å²) in [6, 6.07) is 11.9. The number of thiazole rings is 1. The number of aryl methyl sites for hydroxylation is 2. The number of hydrogen-bond acceptors (Lipinski definition) is 5. The fraction of sp³-hybridized carbons (Fsp3) is 0.316. The molecule has 0 saturated carbocycles. The Labute approximate surface area is 146 Å². The van der Waals surface area contributed by atoms with Crippen molar-refractivity contribution in [3.05, 3.63) is 47.5 Å². The van der Waals surface area contributed by atoms with Crippen molar-refractivity contribution in [3.8, 4) is 5.75 Å². The highest BCUT2D eigenvalue weighted by Crippen LogP contribution is 2.33. The molecule has 2 heterocycles. The Morgan fingerprint density at radius 1 is 0.958 bits per heavy atom. The van der Waals surface area contributed by atoms with Crippen molar-refractivity contribution >= 4 is 32.4 Å². The number of aromatic nitrogens is 1. The molecule has 4 nitrogen and oxygen atoms in total. The van der Waals surface area contributed by atoms with Crippen LogP contribution < -0.4 is 9.80 Å². The summed E-state index contributed by atoms with van der Waals surface area (Å²) in [6.45, 7) is 7.92. The topological polar surface area (TPSA) is 39.6 Å². The first-order chi connectivity index (χ1) is 11.6. The fourth-order valence-corrected chi connectivity index (χ4v) is 4.30. The number of phenols is 1. The SMILES string of the molecule is Cc1ccc2sc(N3CCN(c4ccccc4O)CC3)nc2c1C. The Kier molecular flexibility index (Phi) is 3.81. The molecule has 0 aliphatic carbocycles. The minimum atomic E-state index is 0.358. The Hall–Kier alpha value is -2.27. The van der Waals surface area contributed by atoms with E-state index in [1.807, 2.05) is 18.2 Å². The van der Waals surface area contributed by atoms with Gasteiger partial charge in [0.05, 0.1) is 15.9 Å². The molecule has 0 radical (unpaired) electrons. The highest BCUT2D eigenvalue weighted by molar-refractivity contribution is 7.22. The first-order valence-corrected chi connectivity index (χ1v) is 9.10. The van der Waals surface area contributed by atoms with E-state index in [4.69, 9.17) is 4.98 Å². The standard InChI is InChI=1S/C19H21N3OS/c1-13-7-8-17-18(14(13)2)20-19(24-17)22-11-9-21(10-12-22)15-5-3-4-6-16(15)23/h3-8,23H,9-12H2,1-2H3. The van der Waals surface area contributed by atoms with E-state index in [9.17, 15) is 5.11 Å². The molecule has 4 rings (SSSR count). The Morgan fingerprint density at radius 3 is 2.42 bits per heavy atom. The number of rotatable bonds is 2. The van der Waals surface area contributed by atoms with Gasteiger partial charge in [-0.15, -0.1) is 0 Å². The van der Waals surface area contributed by atoms with Gasteiger partial charge in [-0.25, -0.2) is 4.98 Å². The third-order valence-electron chi connectivity index (χ3n) is 4.85. The number of piperazine rings is 1. The molecule has 0 bridgehead atoms. The summed E-state index contributed by atoms with van der Waals surface area (Å²) >= 11 is 1.77. The maximum absolute atomic E-state index is 10.0. The van der Waals surface area contributed by atoms with Crippen molar-refractivity contribution in [2.45, 2.75) is 13.8 Å². The van der Waals surface area contributed by atoms with Crippen molar-refractivity contribution in [1.82, 2.24) is 4.98 Å². The quantitative estimate of drug-likeness (QED) is 0.767. The number of hydrogen-bond donors (Lipinski definition) is 1. The largest absolute Gasteiger partial charge is 0.506 e. The minimum Gasteiger partial charge on any atom is -0.506 e. The van der Waals surface area contributed by atoms with Gasteiger partial charge in [0.25, 0.3) is 0 Å². The highest BCUT2D eigenvalue weighted by atomic mass is 32.1. The maximum atomic E-state index is 10.0. The van der Waals surface area contributed by atoms with Crippen LogP contribution in [0.5, 0.6) is 5.75 Å². The molecule has 0 amide bonds. The summed E-state index contributed by atoms with van der Waals surface area (Å²) in [5.74, 6) is 0.358. The van der Waals surface area contributed by atoms with Crippen molar-refractivity contribution in [3.63, 3.8) is 0 Å². The number of para-hydroxylation sites is 2. The Morgan fingerprint density at radius 2 is 1.67 bits per heavy atom. The minimum absolute atomic E-state index is 0.358. The van der Waals surface area contributed by atoms with Gasteiger partial charge in [-0.05, 0) is 43.2 Å². The third kappa shape index (κ3) is 2.59. The van der Waals surface area contributed by atoms with Crippen molar-refractivity contribution in [1.29, 1.82) is 0 Å². The molecule has 1 aliphatic heterocycles. The van der Waals surface area contributed by atoms with Crippen LogP contribution in [0.3, 0.4) is 0 Å².